The molecule has 2 aromatic rings. The molecular formula is C23H31N3O7. The van der Waals surface area contributed by atoms with Gasteiger partial charge in [0.2, 0.25) is 5.91 Å². The molecule has 1 aromatic heterocycles. The molecule has 0 saturated carbocycles. The van der Waals surface area contributed by atoms with Crippen molar-refractivity contribution in [2.75, 3.05) is 6.54 Å². The molecule has 1 aliphatic heterocycles. The predicted molar refractivity (Wildman–Crippen MR) is 119 cm³/mol. The molecule has 10 nitrogen and oxygen atoms in total. The highest BCUT2D eigenvalue weighted by molar-refractivity contribution is 5.90. The first-order valence-corrected chi connectivity index (χ1v) is 10.8. The van der Waals surface area contributed by atoms with Crippen LogP contribution in [0.15, 0.2) is 28.8 Å². The van der Waals surface area contributed by atoms with E-state index in [9.17, 15) is 19.5 Å². The van der Waals surface area contributed by atoms with E-state index in [4.69, 9.17) is 14.0 Å². The Labute approximate surface area is 192 Å². The molecule has 10 heteroatoms. The number of amides is 2. The van der Waals surface area contributed by atoms with Crippen LogP contribution in [0.2, 0.25) is 0 Å². The van der Waals surface area contributed by atoms with E-state index in [1.165, 1.54) is 4.90 Å². The van der Waals surface area contributed by atoms with Crippen molar-refractivity contribution in [2.24, 2.45) is 5.41 Å². The van der Waals surface area contributed by atoms with E-state index in [2.05, 4.69) is 10.5 Å². The van der Waals surface area contributed by atoms with E-state index in [0.29, 0.717) is 11.0 Å². The van der Waals surface area contributed by atoms with E-state index in [1.807, 2.05) is 6.07 Å². The normalized spacial score (nSPS) is 19.9. The molecule has 3 unspecified atom stereocenters. The SMILES string of the molecule is CC(C)(C)OC(=O)NC(C(=O)N1CC(Oc2noc3ccccc23)CC1C(=O)O)C(C)(C)C. The van der Waals surface area contributed by atoms with Gasteiger partial charge < -0.3 is 29.3 Å². The molecular weight excluding hydrogens is 430 g/mol. The molecule has 0 aliphatic carbocycles. The van der Waals surface area contributed by atoms with Gasteiger partial charge >= 0.3 is 12.1 Å². The molecule has 0 radical (unpaired) electrons. The predicted octanol–water partition coefficient (Wildman–Crippen LogP) is 3.20. The van der Waals surface area contributed by atoms with Crippen molar-refractivity contribution in [1.82, 2.24) is 15.4 Å². The highest BCUT2D eigenvalue weighted by Crippen LogP contribution is 2.31. The number of benzene rings is 1. The van der Waals surface area contributed by atoms with E-state index in [0.717, 1.165) is 0 Å². The molecule has 1 saturated heterocycles. The number of para-hydroxylation sites is 1. The summed E-state index contributed by atoms with van der Waals surface area (Å²) < 4.78 is 16.5. The second-order valence-electron chi connectivity index (χ2n) is 10.2. The van der Waals surface area contributed by atoms with Crippen LogP contribution in [-0.2, 0) is 14.3 Å². The Morgan fingerprint density at radius 2 is 1.85 bits per heavy atom. The van der Waals surface area contributed by atoms with Gasteiger partial charge in [0.1, 0.15) is 23.8 Å². The zero-order chi connectivity index (χ0) is 24.6. The van der Waals surface area contributed by atoms with Crippen molar-refractivity contribution < 1.29 is 33.5 Å². The Balaban J connectivity index is 1.80. The number of hydrogen-bond acceptors (Lipinski definition) is 7. The highest BCUT2D eigenvalue weighted by Gasteiger charge is 2.46. The fraction of sp³-hybridized carbons (Fsp3) is 0.565. The number of nitrogens with zero attached hydrogens (tertiary/aromatic N) is 2. The summed E-state index contributed by atoms with van der Waals surface area (Å²) in [5.74, 6) is -1.42. The van der Waals surface area contributed by atoms with Crippen LogP contribution in [0.25, 0.3) is 11.0 Å². The summed E-state index contributed by atoms with van der Waals surface area (Å²) in [5.41, 5.74) is -0.896. The molecule has 1 aromatic carbocycles. The largest absolute Gasteiger partial charge is 0.480 e. The number of carbonyl (C=O) groups is 3. The Morgan fingerprint density at radius 1 is 1.18 bits per heavy atom. The average Bonchev–Trinajstić information content (AvgIpc) is 3.28. The van der Waals surface area contributed by atoms with Gasteiger partial charge in [0, 0.05) is 6.42 Å². The lowest BCUT2D eigenvalue weighted by molar-refractivity contribution is -0.150. The molecule has 1 fully saturated rings. The Kier molecular flexibility index (Phi) is 6.58. The van der Waals surface area contributed by atoms with Crippen LogP contribution < -0.4 is 10.1 Å². The summed E-state index contributed by atoms with van der Waals surface area (Å²) in [6.07, 6.45) is -1.28. The number of likely N-dealkylation sites (tertiary alicyclic amines) is 1. The number of carbonyl (C=O) groups excluding carboxylic acids is 2. The van der Waals surface area contributed by atoms with Gasteiger partial charge in [-0.3, -0.25) is 4.79 Å². The van der Waals surface area contributed by atoms with Crippen molar-refractivity contribution in [3.8, 4) is 5.88 Å². The van der Waals surface area contributed by atoms with Crippen LogP contribution in [0.1, 0.15) is 48.0 Å². The third-order valence-electron chi connectivity index (χ3n) is 5.23. The number of aliphatic carboxylic acids is 1. The molecule has 2 N–H and O–H groups in total. The number of hydrogen-bond donors (Lipinski definition) is 2. The fourth-order valence-corrected chi connectivity index (χ4v) is 3.71. The lowest BCUT2D eigenvalue weighted by atomic mass is 9.85. The van der Waals surface area contributed by atoms with E-state index in [1.54, 1.807) is 59.7 Å². The van der Waals surface area contributed by atoms with Crippen LogP contribution in [-0.4, -0.2) is 63.5 Å². The highest BCUT2D eigenvalue weighted by atomic mass is 16.6. The van der Waals surface area contributed by atoms with Crippen molar-refractivity contribution in [1.29, 1.82) is 0 Å². The number of aromatic nitrogens is 1. The molecule has 3 rings (SSSR count). The number of ether oxygens (including phenoxy) is 2. The number of carboxylic acids is 1. The summed E-state index contributed by atoms with van der Waals surface area (Å²) in [6, 6.07) is 5.04. The summed E-state index contributed by atoms with van der Waals surface area (Å²) in [4.78, 5) is 39.1. The van der Waals surface area contributed by atoms with Crippen LogP contribution in [0.5, 0.6) is 5.88 Å². The van der Waals surface area contributed by atoms with Gasteiger partial charge in [-0.05, 0) is 43.5 Å². The Morgan fingerprint density at radius 3 is 2.45 bits per heavy atom. The summed E-state index contributed by atoms with van der Waals surface area (Å²) in [7, 11) is 0. The number of fused-ring (bicyclic) bond motifs is 1. The summed E-state index contributed by atoms with van der Waals surface area (Å²) >= 11 is 0. The van der Waals surface area contributed by atoms with Crippen molar-refractivity contribution >= 4 is 28.9 Å². The maximum atomic E-state index is 13.5. The second-order valence-corrected chi connectivity index (χ2v) is 10.2. The second kappa shape index (κ2) is 8.92. The number of carboxylic acid groups (broad SMARTS) is 1. The summed E-state index contributed by atoms with van der Waals surface area (Å²) in [5, 5.41) is 17.0. The quantitative estimate of drug-likeness (QED) is 0.694. The van der Waals surface area contributed by atoms with Gasteiger partial charge in [0.25, 0.3) is 5.88 Å². The Bertz CT molecular complexity index is 1030. The monoisotopic (exact) mass is 461 g/mol. The van der Waals surface area contributed by atoms with Gasteiger partial charge in [-0.1, -0.05) is 32.9 Å². The van der Waals surface area contributed by atoms with Crippen molar-refractivity contribution in [3.05, 3.63) is 24.3 Å². The van der Waals surface area contributed by atoms with E-state index < -0.39 is 47.2 Å². The van der Waals surface area contributed by atoms with Gasteiger partial charge in [-0.25, -0.2) is 9.59 Å². The zero-order valence-corrected chi connectivity index (χ0v) is 19.7. The number of alkyl carbamates (subject to hydrolysis) is 1. The van der Waals surface area contributed by atoms with Crippen LogP contribution >= 0.6 is 0 Å². The Hall–Kier alpha value is -3.30. The third kappa shape index (κ3) is 5.74. The fourth-order valence-electron chi connectivity index (χ4n) is 3.71. The molecule has 0 spiro atoms. The van der Waals surface area contributed by atoms with Crippen molar-refractivity contribution in [2.45, 2.75) is 71.8 Å². The first kappa shape index (κ1) is 24.3. The van der Waals surface area contributed by atoms with Gasteiger partial charge in [0.15, 0.2) is 5.58 Å². The van der Waals surface area contributed by atoms with Gasteiger partial charge in [0.05, 0.1) is 11.9 Å². The van der Waals surface area contributed by atoms with Crippen LogP contribution in [0.4, 0.5) is 4.79 Å². The van der Waals surface area contributed by atoms with Gasteiger partial charge in [-0.2, -0.15) is 0 Å². The first-order valence-electron chi connectivity index (χ1n) is 10.8. The van der Waals surface area contributed by atoms with E-state index in [-0.39, 0.29) is 18.8 Å². The average molecular weight is 462 g/mol. The number of nitrogens with one attached hydrogen (secondary N) is 1. The summed E-state index contributed by atoms with van der Waals surface area (Å²) in [6.45, 7) is 10.5. The molecule has 180 valence electrons. The zero-order valence-electron chi connectivity index (χ0n) is 19.7. The minimum Gasteiger partial charge on any atom is -0.480 e. The molecule has 3 atom stereocenters. The topological polar surface area (TPSA) is 131 Å². The molecule has 33 heavy (non-hydrogen) atoms. The molecule has 2 heterocycles. The lowest BCUT2D eigenvalue weighted by Crippen LogP contribution is -2.57. The van der Waals surface area contributed by atoms with Crippen molar-refractivity contribution in [3.63, 3.8) is 0 Å². The maximum absolute atomic E-state index is 13.5. The van der Waals surface area contributed by atoms with Crippen LogP contribution in [0.3, 0.4) is 0 Å². The maximum Gasteiger partial charge on any atom is 0.408 e. The molecule has 0 bridgehead atoms. The smallest absolute Gasteiger partial charge is 0.408 e. The minimum atomic E-state index is -1.15. The lowest BCUT2D eigenvalue weighted by Gasteiger charge is -2.35. The molecule has 1 aliphatic rings. The number of rotatable bonds is 5. The first-order chi connectivity index (χ1) is 15.3. The standard InChI is InChI=1S/C23H31N3O7/c1-22(2,3)17(24-21(30)32-23(4,5)6)19(27)26-12-13(11-15(26)20(28)29)31-18-14-9-7-8-10-16(14)33-25-18/h7-10,13,15,17H,11-12H2,1-6H3,(H,24,30)(H,28,29). The van der Waals surface area contributed by atoms with E-state index >= 15 is 0 Å². The minimum absolute atomic E-state index is 0.0273. The third-order valence-corrected chi connectivity index (χ3v) is 5.23. The van der Waals surface area contributed by atoms with Crippen LogP contribution in [0, 0.1) is 5.41 Å². The van der Waals surface area contributed by atoms with Gasteiger partial charge in [-0.15, -0.1) is 0 Å². The molecule has 2 amide bonds.